The lowest BCUT2D eigenvalue weighted by molar-refractivity contribution is 0.333. The monoisotopic (exact) mass is 308 g/mol. The number of nitrogens with two attached hydrogens (primary N) is 1. The van der Waals surface area contributed by atoms with Crippen molar-refractivity contribution >= 4 is 15.7 Å². The molecule has 0 aromatic heterocycles. The third-order valence-electron chi connectivity index (χ3n) is 5.41. The number of nitrogens with one attached hydrogen (secondary N) is 1. The highest BCUT2D eigenvalue weighted by Gasteiger charge is 2.39. The highest BCUT2D eigenvalue weighted by molar-refractivity contribution is 7.89. The number of nitrogen functional groups attached to an aromatic ring is 1. The number of aryl methyl sites for hydroxylation is 1. The number of fused-ring (bicyclic) bond motifs is 2. The lowest BCUT2D eigenvalue weighted by Crippen LogP contribution is -2.31. The van der Waals surface area contributed by atoms with Crippen LogP contribution in [-0.4, -0.2) is 15.0 Å². The van der Waals surface area contributed by atoms with Gasteiger partial charge in [0.05, 0.1) is 4.90 Å². The molecule has 4 nitrogen and oxygen atoms in total. The van der Waals surface area contributed by atoms with E-state index in [1.807, 2.05) is 13.8 Å². The van der Waals surface area contributed by atoms with E-state index in [4.69, 9.17) is 5.73 Å². The smallest absolute Gasteiger partial charge is 0.240 e. The van der Waals surface area contributed by atoms with Crippen LogP contribution in [0.4, 0.5) is 5.69 Å². The molecule has 0 amide bonds. The molecule has 2 saturated carbocycles. The Hall–Kier alpha value is -1.07. The van der Waals surface area contributed by atoms with Crippen LogP contribution in [0.15, 0.2) is 17.0 Å². The molecule has 3 atom stereocenters. The molecule has 0 aliphatic heterocycles. The lowest BCUT2D eigenvalue weighted by Gasteiger charge is -2.22. The van der Waals surface area contributed by atoms with E-state index < -0.39 is 10.0 Å². The predicted molar refractivity (Wildman–Crippen MR) is 84.5 cm³/mol. The summed E-state index contributed by atoms with van der Waals surface area (Å²) in [6.07, 6.45) is 5.08. The lowest BCUT2D eigenvalue weighted by atomic mass is 9.89. The number of hydrogen-bond donors (Lipinski definition) is 2. The summed E-state index contributed by atoms with van der Waals surface area (Å²) in [7, 11) is -3.46. The van der Waals surface area contributed by atoms with E-state index in [-0.39, 0.29) is 4.90 Å². The molecular weight excluding hydrogens is 284 g/mol. The van der Waals surface area contributed by atoms with Gasteiger partial charge in [-0.1, -0.05) is 6.42 Å². The maximum absolute atomic E-state index is 12.4. The van der Waals surface area contributed by atoms with Crippen molar-refractivity contribution in [1.29, 1.82) is 0 Å². The van der Waals surface area contributed by atoms with Gasteiger partial charge in [-0.3, -0.25) is 0 Å². The van der Waals surface area contributed by atoms with E-state index in [0.717, 1.165) is 23.0 Å². The molecule has 116 valence electrons. The first-order valence-corrected chi connectivity index (χ1v) is 9.21. The molecule has 3 rings (SSSR count). The number of sulfonamides is 1. The van der Waals surface area contributed by atoms with Crippen molar-refractivity contribution in [1.82, 2.24) is 4.72 Å². The molecule has 3 N–H and O–H groups in total. The Kier molecular flexibility index (Phi) is 3.74. The van der Waals surface area contributed by atoms with Gasteiger partial charge in [-0.05, 0) is 74.1 Å². The third-order valence-corrected chi connectivity index (χ3v) is 6.81. The highest BCUT2D eigenvalue weighted by Crippen LogP contribution is 2.48. The molecule has 1 aromatic carbocycles. The summed E-state index contributed by atoms with van der Waals surface area (Å²) in [4.78, 5) is 0.284. The van der Waals surface area contributed by atoms with Crippen molar-refractivity contribution in [3.05, 3.63) is 23.3 Å². The van der Waals surface area contributed by atoms with Crippen LogP contribution in [-0.2, 0) is 10.0 Å². The largest absolute Gasteiger partial charge is 0.398 e. The zero-order valence-electron chi connectivity index (χ0n) is 12.7. The van der Waals surface area contributed by atoms with Crippen molar-refractivity contribution < 1.29 is 8.42 Å². The molecule has 0 radical (unpaired) electrons. The molecule has 5 heteroatoms. The van der Waals surface area contributed by atoms with Gasteiger partial charge in [-0.2, -0.15) is 0 Å². The average molecular weight is 308 g/mol. The maximum Gasteiger partial charge on any atom is 0.240 e. The summed E-state index contributed by atoms with van der Waals surface area (Å²) >= 11 is 0. The van der Waals surface area contributed by atoms with Gasteiger partial charge >= 0.3 is 0 Å². The molecule has 0 spiro atoms. The standard InChI is InChI=1S/C16H24N2O2S/c1-10-5-15(8-16(17)11(10)2)21(19,20)18-9-14-7-12-3-4-13(14)6-12/h5,8,12-14,18H,3-4,6-7,9,17H2,1-2H3. The van der Waals surface area contributed by atoms with Crippen LogP contribution < -0.4 is 10.5 Å². The fourth-order valence-electron chi connectivity index (χ4n) is 3.93. The summed E-state index contributed by atoms with van der Waals surface area (Å²) in [5.41, 5.74) is 8.29. The van der Waals surface area contributed by atoms with Crippen LogP contribution in [0.2, 0.25) is 0 Å². The van der Waals surface area contributed by atoms with Crippen LogP contribution in [0.1, 0.15) is 36.8 Å². The fraction of sp³-hybridized carbons (Fsp3) is 0.625. The zero-order valence-corrected chi connectivity index (χ0v) is 13.5. The SMILES string of the molecule is Cc1cc(S(=O)(=O)NCC2CC3CCC2C3)cc(N)c1C. The minimum atomic E-state index is -3.46. The number of benzene rings is 1. The van der Waals surface area contributed by atoms with Crippen LogP contribution in [0.3, 0.4) is 0 Å². The van der Waals surface area contributed by atoms with Crippen molar-refractivity contribution in [3.8, 4) is 0 Å². The number of hydrogen-bond acceptors (Lipinski definition) is 3. The topological polar surface area (TPSA) is 72.2 Å². The molecule has 0 heterocycles. The van der Waals surface area contributed by atoms with Crippen molar-refractivity contribution in [3.63, 3.8) is 0 Å². The van der Waals surface area contributed by atoms with E-state index in [1.165, 1.54) is 25.7 Å². The predicted octanol–water partition coefficient (Wildman–Crippen LogP) is 2.60. The van der Waals surface area contributed by atoms with Gasteiger partial charge in [0.1, 0.15) is 0 Å². The highest BCUT2D eigenvalue weighted by atomic mass is 32.2. The van der Waals surface area contributed by atoms with Crippen molar-refractivity contribution in [2.24, 2.45) is 17.8 Å². The molecule has 21 heavy (non-hydrogen) atoms. The molecule has 1 aromatic rings. The minimum absolute atomic E-state index is 0.284. The quantitative estimate of drug-likeness (QED) is 0.840. The fourth-order valence-corrected chi connectivity index (χ4v) is 5.15. The Bertz CT molecular complexity index is 631. The summed E-state index contributed by atoms with van der Waals surface area (Å²) in [5, 5.41) is 0. The Morgan fingerprint density at radius 3 is 2.57 bits per heavy atom. The van der Waals surface area contributed by atoms with Crippen molar-refractivity contribution in [2.45, 2.75) is 44.4 Å². The van der Waals surface area contributed by atoms with E-state index in [0.29, 0.717) is 18.2 Å². The van der Waals surface area contributed by atoms with Crippen LogP contribution in [0, 0.1) is 31.6 Å². The Morgan fingerprint density at radius 2 is 2.00 bits per heavy atom. The van der Waals surface area contributed by atoms with Gasteiger partial charge in [0.2, 0.25) is 10.0 Å². The van der Waals surface area contributed by atoms with Gasteiger partial charge in [0.15, 0.2) is 0 Å². The molecule has 3 unspecified atom stereocenters. The van der Waals surface area contributed by atoms with Gasteiger partial charge in [0.25, 0.3) is 0 Å². The summed E-state index contributed by atoms with van der Waals surface area (Å²) in [6, 6.07) is 3.26. The minimum Gasteiger partial charge on any atom is -0.398 e. The second-order valence-corrected chi connectivity index (χ2v) is 8.51. The first-order valence-electron chi connectivity index (χ1n) is 7.73. The first kappa shape index (κ1) is 14.9. The second kappa shape index (κ2) is 5.29. The van der Waals surface area contributed by atoms with E-state index in [9.17, 15) is 8.42 Å². The molecular formula is C16H24N2O2S. The normalized spacial score (nSPS) is 28.2. The number of anilines is 1. The Labute approximate surface area is 127 Å². The van der Waals surface area contributed by atoms with E-state index >= 15 is 0 Å². The molecule has 2 bridgehead atoms. The molecule has 2 aliphatic carbocycles. The molecule has 2 fully saturated rings. The first-order chi connectivity index (χ1) is 9.87. The number of rotatable bonds is 4. The van der Waals surface area contributed by atoms with Crippen LogP contribution in [0.25, 0.3) is 0 Å². The molecule has 0 saturated heterocycles. The van der Waals surface area contributed by atoms with Crippen LogP contribution in [0.5, 0.6) is 0 Å². The van der Waals surface area contributed by atoms with Crippen LogP contribution >= 0.6 is 0 Å². The Balaban J connectivity index is 1.72. The maximum atomic E-state index is 12.4. The van der Waals surface area contributed by atoms with Gasteiger partial charge in [0, 0.05) is 12.2 Å². The van der Waals surface area contributed by atoms with Gasteiger partial charge < -0.3 is 5.73 Å². The average Bonchev–Trinajstić information content (AvgIpc) is 3.04. The summed E-state index contributed by atoms with van der Waals surface area (Å²) < 4.78 is 27.7. The Morgan fingerprint density at radius 1 is 1.24 bits per heavy atom. The van der Waals surface area contributed by atoms with Gasteiger partial charge in [-0.15, -0.1) is 0 Å². The second-order valence-electron chi connectivity index (χ2n) is 6.74. The van der Waals surface area contributed by atoms with E-state index in [2.05, 4.69) is 4.72 Å². The molecule has 2 aliphatic rings. The summed E-state index contributed by atoms with van der Waals surface area (Å²) in [5.74, 6) is 2.08. The summed E-state index contributed by atoms with van der Waals surface area (Å²) in [6.45, 7) is 4.36. The third kappa shape index (κ3) is 2.81. The van der Waals surface area contributed by atoms with Gasteiger partial charge in [-0.25, -0.2) is 13.1 Å². The van der Waals surface area contributed by atoms with E-state index in [1.54, 1.807) is 12.1 Å². The zero-order chi connectivity index (χ0) is 15.2. The van der Waals surface area contributed by atoms with Crippen molar-refractivity contribution in [2.75, 3.05) is 12.3 Å².